The van der Waals surface area contributed by atoms with E-state index in [0.29, 0.717) is 0 Å². The molecule has 0 unspecified atom stereocenters. The van der Waals surface area contributed by atoms with Gasteiger partial charge in [0, 0.05) is 5.69 Å². The fourth-order valence-corrected chi connectivity index (χ4v) is 2.18. The Balaban J connectivity index is 2.20. The van der Waals surface area contributed by atoms with E-state index in [0.717, 1.165) is 28.7 Å². The maximum Gasteiger partial charge on any atom is 0.189 e. The van der Waals surface area contributed by atoms with Crippen LogP contribution in [0.25, 0.3) is 0 Å². The van der Waals surface area contributed by atoms with Gasteiger partial charge in [-0.2, -0.15) is 0 Å². The van der Waals surface area contributed by atoms with Crippen molar-refractivity contribution in [2.75, 3.05) is 11.1 Å². The lowest BCUT2D eigenvalue weighted by Crippen LogP contribution is -1.94. The first-order valence-electron chi connectivity index (χ1n) is 5.36. The minimum atomic E-state index is 0.732. The summed E-state index contributed by atoms with van der Waals surface area (Å²) >= 11 is 1.46. The molecule has 16 heavy (non-hydrogen) atoms. The van der Waals surface area contributed by atoms with Crippen molar-refractivity contribution in [1.82, 2.24) is 4.98 Å². The SMILES string of the molecule is CCCc1ccccc1Nc1ncc(N)s1. The van der Waals surface area contributed by atoms with Crippen molar-refractivity contribution in [3.05, 3.63) is 36.0 Å². The smallest absolute Gasteiger partial charge is 0.189 e. The molecule has 84 valence electrons. The lowest BCUT2D eigenvalue weighted by Gasteiger charge is -2.08. The van der Waals surface area contributed by atoms with Gasteiger partial charge in [0.15, 0.2) is 5.13 Å². The van der Waals surface area contributed by atoms with Crippen molar-refractivity contribution in [2.24, 2.45) is 0 Å². The number of aromatic nitrogens is 1. The van der Waals surface area contributed by atoms with Gasteiger partial charge in [-0.25, -0.2) is 4.98 Å². The fraction of sp³-hybridized carbons (Fsp3) is 0.250. The third kappa shape index (κ3) is 2.52. The molecule has 3 nitrogen and oxygen atoms in total. The number of benzene rings is 1. The lowest BCUT2D eigenvalue weighted by molar-refractivity contribution is 0.923. The van der Waals surface area contributed by atoms with Crippen molar-refractivity contribution in [2.45, 2.75) is 19.8 Å². The molecule has 0 bridgehead atoms. The quantitative estimate of drug-likeness (QED) is 0.850. The van der Waals surface area contributed by atoms with Gasteiger partial charge in [0.25, 0.3) is 0 Å². The van der Waals surface area contributed by atoms with Crippen molar-refractivity contribution >= 4 is 27.2 Å². The summed E-state index contributed by atoms with van der Waals surface area (Å²) in [6.45, 7) is 2.18. The minimum absolute atomic E-state index is 0.732. The van der Waals surface area contributed by atoms with Crippen LogP contribution in [-0.2, 0) is 6.42 Å². The van der Waals surface area contributed by atoms with Crippen LogP contribution in [-0.4, -0.2) is 4.98 Å². The van der Waals surface area contributed by atoms with Crippen molar-refractivity contribution in [3.8, 4) is 0 Å². The van der Waals surface area contributed by atoms with Gasteiger partial charge in [-0.3, -0.25) is 0 Å². The number of nitrogens with one attached hydrogen (secondary N) is 1. The van der Waals surface area contributed by atoms with E-state index in [1.165, 1.54) is 16.9 Å². The molecule has 2 aromatic rings. The zero-order chi connectivity index (χ0) is 11.4. The second kappa shape index (κ2) is 4.99. The monoisotopic (exact) mass is 233 g/mol. The molecule has 0 aliphatic heterocycles. The highest BCUT2D eigenvalue weighted by atomic mass is 32.1. The van der Waals surface area contributed by atoms with Gasteiger partial charge in [0.05, 0.1) is 6.20 Å². The van der Waals surface area contributed by atoms with E-state index in [1.807, 2.05) is 6.07 Å². The Kier molecular flexibility index (Phi) is 3.41. The highest BCUT2D eigenvalue weighted by Crippen LogP contribution is 2.26. The second-order valence-electron chi connectivity index (χ2n) is 3.60. The minimum Gasteiger partial charge on any atom is -0.389 e. The summed E-state index contributed by atoms with van der Waals surface area (Å²) in [5.41, 5.74) is 8.09. The van der Waals surface area contributed by atoms with Gasteiger partial charge in [-0.05, 0) is 18.1 Å². The average Bonchev–Trinajstić information content (AvgIpc) is 2.67. The van der Waals surface area contributed by atoms with E-state index < -0.39 is 0 Å². The van der Waals surface area contributed by atoms with Crippen LogP contribution in [0, 0.1) is 0 Å². The van der Waals surface area contributed by atoms with Crippen molar-refractivity contribution in [3.63, 3.8) is 0 Å². The molecule has 2 rings (SSSR count). The molecule has 1 heterocycles. The summed E-state index contributed by atoms with van der Waals surface area (Å²) in [6, 6.07) is 8.30. The zero-order valence-electron chi connectivity index (χ0n) is 9.23. The van der Waals surface area contributed by atoms with Crippen LogP contribution in [0.2, 0.25) is 0 Å². The normalized spacial score (nSPS) is 10.3. The number of hydrogen-bond acceptors (Lipinski definition) is 4. The maximum absolute atomic E-state index is 5.64. The molecule has 0 fully saturated rings. The van der Waals surface area contributed by atoms with Gasteiger partial charge >= 0.3 is 0 Å². The summed E-state index contributed by atoms with van der Waals surface area (Å²) in [6.07, 6.45) is 3.89. The Morgan fingerprint density at radius 3 is 2.88 bits per heavy atom. The summed E-state index contributed by atoms with van der Waals surface area (Å²) in [4.78, 5) is 4.19. The number of rotatable bonds is 4. The third-order valence-electron chi connectivity index (χ3n) is 2.30. The Morgan fingerprint density at radius 2 is 2.19 bits per heavy atom. The molecule has 0 aliphatic carbocycles. The highest BCUT2D eigenvalue weighted by Gasteiger charge is 2.03. The number of nitrogen functional groups attached to an aromatic ring is 1. The molecule has 0 amide bonds. The second-order valence-corrected chi connectivity index (χ2v) is 4.66. The topological polar surface area (TPSA) is 50.9 Å². The number of nitrogens with zero attached hydrogens (tertiary/aromatic N) is 1. The van der Waals surface area contributed by atoms with E-state index >= 15 is 0 Å². The molecule has 1 aromatic carbocycles. The molecule has 3 N–H and O–H groups in total. The van der Waals surface area contributed by atoms with E-state index in [2.05, 4.69) is 35.4 Å². The van der Waals surface area contributed by atoms with Crippen molar-refractivity contribution < 1.29 is 0 Å². The van der Waals surface area contributed by atoms with Crippen LogP contribution in [0.5, 0.6) is 0 Å². The van der Waals surface area contributed by atoms with Gasteiger partial charge in [-0.15, -0.1) is 0 Å². The van der Waals surface area contributed by atoms with E-state index in [4.69, 9.17) is 5.73 Å². The fourth-order valence-electron chi connectivity index (χ4n) is 1.59. The zero-order valence-corrected chi connectivity index (χ0v) is 10.1. The molecule has 1 aromatic heterocycles. The first-order valence-corrected chi connectivity index (χ1v) is 6.17. The highest BCUT2D eigenvalue weighted by molar-refractivity contribution is 7.19. The largest absolute Gasteiger partial charge is 0.389 e. The summed E-state index contributed by atoms with van der Waals surface area (Å²) in [7, 11) is 0. The third-order valence-corrected chi connectivity index (χ3v) is 3.04. The van der Waals surface area contributed by atoms with Crippen LogP contribution in [0.1, 0.15) is 18.9 Å². The number of hydrogen-bond donors (Lipinski definition) is 2. The predicted octanol–water partition coefficient (Wildman–Crippen LogP) is 3.42. The van der Waals surface area contributed by atoms with Crippen molar-refractivity contribution in [1.29, 1.82) is 0 Å². The van der Waals surface area contributed by atoms with Gasteiger partial charge in [0.2, 0.25) is 0 Å². The molecule has 0 aliphatic rings. The number of aryl methyl sites for hydroxylation is 1. The van der Waals surface area contributed by atoms with Crippen LogP contribution in [0.15, 0.2) is 30.5 Å². The predicted molar refractivity (Wildman–Crippen MR) is 70.2 cm³/mol. The van der Waals surface area contributed by atoms with Crippen LogP contribution < -0.4 is 11.1 Å². The summed E-state index contributed by atoms with van der Waals surface area (Å²) in [5.74, 6) is 0. The van der Waals surface area contributed by atoms with Crippen LogP contribution in [0.4, 0.5) is 15.8 Å². The van der Waals surface area contributed by atoms with Gasteiger partial charge in [-0.1, -0.05) is 42.9 Å². The Bertz CT molecular complexity index is 465. The first kappa shape index (κ1) is 11.0. The van der Waals surface area contributed by atoms with E-state index in [9.17, 15) is 0 Å². The molecule has 0 saturated carbocycles. The lowest BCUT2D eigenvalue weighted by atomic mass is 10.1. The van der Waals surface area contributed by atoms with Crippen LogP contribution in [0.3, 0.4) is 0 Å². The van der Waals surface area contributed by atoms with Gasteiger partial charge < -0.3 is 11.1 Å². The first-order chi connectivity index (χ1) is 7.79. The molecule has 4 heteroatoms. The summed E-state index contributed by atoms with van der Waals surface area (Å²) < 4.78 is 0. The number of thiazole rings is 1. The van der Waals surface area contributed by atoms with E-state index in [1.54, 1.807) is 6.20 Å². The number of nitrogens with two attached hydrogens (primary N) is 1. The maximum atomic E-state index is 5.64. The molecule has 0 saturated heterocycles. The number of para-hydroxylation sites is 1. The van der Waals surface area contributed by atoms with E-state index in [-0.39, 0.29) is 0 Å². The molecule has 0 spiro atoms. The molecule has 0 atom stereocenters. The Morgan fingerprint density at radius 1 is 1.38 bits per heavy atom. The van der Waals surface area contributed by atoms with Gasteiger partial charge in [0.1, 0.15) is 5.00 Å². The molecular formula is C12H15N3S. The Labute approximate surface area is 99.3 Å². The number of anilines is 3. The standard InChI is InChI=1S/C12H15N3S/c1-2-5-9-6-3-4-7-10(9)15-12-14-8-11(13)16-12/h3-4,6-8H,2,5,13H2,1H3,(H,14,15). The molecular weight excluding hydrogens is 218 g/mol. The molecule has 0 radical (unpaired) electrons. The van der Waals surface area contributed by atoms with Crippen LogP contribution >= 0.6 is 11.3 Å². The Hall–Kier alpha value is -1.55. The summed E-state index contributed by atoms with van der Waals surface area (Å²) in [5, 5.41) is 4.89. The average molecular weight is 233 g/mol.